The van der Waals surface area contributed by atoms with E-state index in [1.165, 1.54) is 44.1 Å². The van der Waals surface area contributed by atoms with Gasteiger partial charge in [-0.25, -0.2) is 0 Å². The molecule has 0 aliphatic heterocycles. The summed E-state index contributed by atoms with van der Waals surface area (Å²) in [7, 11) is -2.81. The molecular formula is C25H38O3Si. The summed E-state index contributed by atoms with van der Waals surface area (Å²) < 4.78 is 20.3. The van der Waals surface area contributed by atoms with Gasteiger partial charge in [0.1, 0.15) is 0 Å². The summed E-state index contributed by atoms with van der Waals surface area (Å²) in [4.78, 5) is 0. The lowest BCUT2D eigenvalue weighted by atomic mass is 10.1. The predicted octanol–water partition coefficient (Wildman–Crippen LogP) is 6.53. The van der Waals surface area contributed by atoms with Crippen LogP contribution in [0.3, 0.4) is 0 Å². The molecule has 3 aliphatic rings. The quantitative estimate of drug-likeness (QED) is 0.407. The lowest BCUT2D eigenvalue weighted by Gasteiger charge is -2.34. The second kappa shape index (κ2) is 10.9. The van der Waals surface area contributed by atoms with Gasteiger partial charge in [0.05, 0.1) is 0 Å². The molecule has 0 spiro atoms. The van der Waals surface area contributed by atoms with Crippen LogP contribution in [0.2, 0.25) is 0 Å². The van der Waals surface area contributed by atoms with Gasteiger partial charge in [-0.15, -0.1) is 0 Å². The first-order valence-electron chi connectivity index (χ1n) is 12.1. The van der Waals surface area contributed by atoms with E-state index in [9.17, 15) is 0 Å². The Hall–Kier alpha value is -0.943. The molecule has 3 saturated carbocycles. The van der Waals surface area contributed by atoms with Crippen LogP contribution in [0, 0.1) is 0 Å². The molecule has 0 N–H and O–H groups in total. The summed E-state index contributed by atoms with van der Waals surface area (Å²) in [6.45, 7) is 0. The molecule has 3 fully saturated rings. The van der Waals surface area contributed by atoms with Crippen LogP contribution in [-0.2, 0) is 19.7 Å². The maximum atomic E-state index is 6.78. The average molecular weight is 415 g/mol. The Morgan fingerprint density at radius 2 is 1.14 bits per heavy atom. The van der Waals surface area contributed by atoms with Crippen LogP contribution in [0.4, 0.5) is 0 Å². The Balaban J connectivity index is 1.47. The molecule has 0 atom stereocenters. The number of rotatable bonds is 10. The highest BCUT2D eigenvalue weighted by Gasteiger charge is 2.46. The first-order chi connectivity index (χ1) is 14.3. The molecule has 0 radical (unpaired) electrons. The van der Waals surface area contributed by atoms with E-state index >= 15 is 0 Å². The van der Waals surface area contributed by atoms with Gasteiger partial charge >= 0.3 is 8.80 Å². The average Bonchev–Trinajstić information content (AvgIpc) is 3.51. The Kier molecular flexibility index (Phi) is 8.00. The zero-order valence-electron chi connectivity index (χ0n) is 17.9. The highest BCUT2D eigenvalue weighted by atomic mass is 28.4. The van der Waals surface area contributed by atoms with E-state index in [1.807, 2.05) is 0 Å². The first-order valence-corrected chi connectivity index (χ1v) is 13.9. The highest BCUT2D eigenvalue weighted by molar-refractivity contribution is 6.66. The van der Waals surface area contributed by atoms with Crippen molar-refractivity contribution < 1.29 is 13.3 Å². The molecule has 1 aromatic rings. The minimum atomic E-state index is -2.81. The minimum absolute atomic E-state index is 0.322. The molecule has 3 nitrogen and oxygen atoms in total. The molecule has 0 bridgehead atoms. The largest absolute Gasteiger partial charge is 0.530 e. The first kappa shape index (κ1) is 21.3. The third-order valence-electron chi connectivity index (χ3n) is 6.66. The highest BCUT2D eigenvalue weighted by Crippen LogP contribution is 2.34. The van der Waals surface area contributed by atoms with Gasteiger partial charge in [0.25, 0.3) is 0 Å². The maximum Gasteiger partial charge on any atom is 0.530 e. The van der Waals surface area contributed by atoms with Crippen molar-refractivity contribution >= 4 is 8.80 Å². The van der Waals surface area contributed by atoms with E-state index in [4.69, 9.17) is 13.3 Å². The maximum absolute atomic E-state index is 6.78. The molecule has 29 heavy (non-hydrogen) atoms. The molecule has 0 amide bonds. The van der Waals surface area contributed by atoms with Gasteiger partial charge in [-0.2, -0.15) is 0 Å². The standard InChI is InChI=1S/C25H38O3Si/c1-2-12-22(13-3-1)14-10-11-21-29(26-23-15-4-5-16-23,27-24-17-6-7-18-24)28-25-19-8-9-20-25/h1-3,11-13,21,23-25H,4-10,14-20H2. The van der Waals surface area contributed by atoms with Crippen LogP contribution < -0.4 is 0 Å². The fourth-order valence-electron chi connectivity index (χ4n) is 5.04. The van der Waals surface area contributed by atoms with Gasteiger partial charge in [0.2, 0.25) is 0 Å². The lowest BCUT2D eigenvalue weighted by molar-refractivity contribution is -0.00585. The summed E-state index contributed by atoms with van der Waals surface area (Å²) in [5.74, 6) is 0. The van der Waals surface area contributed by atoms with Crippen LogP contribution in [0.1, 0.15) is 89.0 Å². The molecule has 0 unspecified atom stereocenters. The third-order valence-corrected chi connectivity index (χ3v) is 9.29. The molecule has 3 aliphatic carbocycles. The van der Waals surface area contributed by atoms with Crippen molar-refractivity contribution in [1.82, 2.24) is 0 Å². The number of hydrogen-bond acceptors (Lipinski definition) is 3. The molecule has 0 saturated heterocycles. The second-order valence-corrected chi connectivity index (χ2v) is 11.4. The number of hydrogen-bond donors (Lipinski definition) is 0. The van der Waals surface area contributed by atoms with Crippen LogP contribution in [0.5, 0.6) is 0 Å². The number of aryl methyl sites for hydroxylation is 1. The van der Waals surface area contributed by atoms with Crippen LogP contribution in [0.15, 0.2) is 42.1 Å². The summed E-state index contributed by atoms with van der Waals surface area (Å²) in [5, 5.41) is 0. The summed E-state index contributed by atoms with van der Waals surface area (Å²) in [6, 6.07) is 10.7. The van der Waals surface area contributed by atoms with E-state index in [0.717, 1.165) is 51.4 Å². The smallest absolute Gasteiger partial charge is 0.367 e. The van der Waals surface area contributed by atoms with Gasteiger partial charge in [-0.3, -0.25) is 0 Å². The minimum Gasteiger partial charge on any atom is -0.367 e. The summed E-state index contributed by atoms with van der Waals surface area (Å²) in [6.07, 6.45) is 20.0. The molecular weight excluding hydrogens is 376 g/mol. The SMILES string of the molecule is C(=C[Si](OC1CCCC1)(OC1CCCC1)OC1CCCC1)CCc1ccccc1. The molecule has 4 heteroatoms. The van der Waals surface area contributed by atoms with Crippen molar-refractivity contribution in [2.45, 2.75) is 108 Å². The molecule has 0 heterocycles. The summed E-state index contributed by atoms with van der Waals surface area (Å²) >= 11 is 0. The van der Waals surface area contributed by atoms with Crippen molar-refractivity contribution in [3.63, 3.8) is 0 Å². The van der Waals surface area contributed by atoms with Crippen LogP contribution >= 0.6 is 0 Å². The number of benzene rings is 1. The monoisotopic (exact) mass is 414 g/mol. The molecule has 0 aromatic heterocycles. The fourth-order valence-corrected chi connectivity index (χ4v) is 8.00. The van der Waals surface area contributed by atoms with Crippen molar-refractivity contribution in [2.75, 3.05) is 0 Å². The van der Waals surface area contributed by atoms with E-state index in [0.29, 0.717) is 18.3 Å². The van der Waals surface area contributed by atoms with Crippen molar-refractivity contribution in [1.29, 1.82) is 0 Å². The molecule has 4 rings (SSSR count). The van der Waals surface area contributed by atoms with Crippen LogP contribution in [0.25, 0.3) is 0 Å². The Morgan fingerprint density at radius 1 is 0.690 bits per heavy atom. The van der Waals surface area contributed by atoms with Crippen molar-refractivity contribution in [3.05, 3.63) is 47.7 Å². The van der Waals surface area contributed by atoms with Gasteiger partial charge in [0, 0.05) is 18.3 Å². The predicted molar refractivity (Wildman–Crippen MR) is 120 cm³/mol. The van der Waals surface area contributed by atoms with E-state index < -0.39 is 8.80 Å². The van der Waals surface area contributed by atoms with Gasteiger partial charge in [-0.05, 0) is 62.6 Å². The van der Waals surface area contributed by atoms with Gasteiger partial charge in [0.15, 0.2) is 0 Å². The number of allylic oxidation sites excluding steroid dienone is 1. The van der Waals surface area contributed by atoms with E-state index in [2.05, 4.69) is 42.1 Å². The Labute approximate surface area is 178 Å². The zero-order valence-corrected chi connectivity index (χ0v) is 18.9. The second-order valence-electron chi connectivity index (χ2n) is 9.10. The zero-order chi connectivity index (χ0) is 19.8. The van der Waals surface area contributed by atoms with Crippen LogP contribution in [-0.4, -0.2) is 27.1 Å². The van der Waals surface area contributed by atoms with Gasteiger partial charge < -0.3 is 13.3 Å². The topological polar surface area (TPSA) is 27.7 Å². The third kappa shape index (κ3) is 6.52. The van der Waals surface area contributed by atoms with Crippen molar-refractivity contribution in [2.24, 2.45) is 0 Å². The molecule has 160 valence electrons. The fraction of sp³-hybridized carbons (Fsp3) is 0.680. The Morgan fingerprint density at radius 3 is 1.59 bits per heavy atom. The van der Waals surface area contributed by atoms with E-state index in [-0.39, 0.29) is 0 Å². The normalized spacial score (nSPS) is 22.3. The molecule has 1 aromatic carbocycles. The van der Waals surface area contributed by atoms with Crippen molar-refractivity contribution in [3.8, 4) is 0 Å². The van der Waals surface area contributed by atoms with E-state index in [1.54, 1.807) is 0 Å². The van der Waals surface area contributed by atoms with Gasteiger partial charge in [-0.1, -0.05) is 74.9 Å². The Bertz CT molecular complexity index is 569. The lowest BCUT2D eigenvalue weighted by Crippen LogP contribution is -2.50. The summed E-state index contributed by atoms with van der Waals surface area (Å²) in [5.41, 5.74) is 3.64.